The summed E-state index contributed by atoms with van der Waals surface area (Å²) in [6.45, 7) is 2.23. The first-order chi connectivity index (χ1) is 17.0. The Labute approximate surface area is 209 Å². The van der Waals surface area contributed by atoms with Gasteiger partial charge in [-0.2, -0.15) is 0 Å². The number of carbonyl (C=O) groups is 2. The number of esters is 2. The lowest BCUT2D eigenvalue weighted by Crippen LogP contribution is -2.29. The van der Waals surface area contributed by atoms with E-state index >= 15 is 0 Å². The van der Waals surface area contributed by atoms with E-state index in [2.05, 4.69) is 29.6 Å². The molecule has 0 unspecified atom stereocenters. The van der Waals surface area contributed by atoms with Crippen molar-refractivity contribution in [1.29, 1.82) is 0 Å². The van der Waals surface area contributed by atoms with Gasteiger partial charge in [-0.25, -0.2) is 9.59 Å². The zero-order valence-corrected chi connectivity index (χ0v) is 20.1. The molecule has 0 fully saturated rings. The highest BCUT2D eigenvalue weighted by Gasteiger charge is 2.38. The van der Waals surface area contributed by atoms with Gasteiger partial charge in [-0.15, -0.1) is 0 Å². The van der Waals surface area contributed by atoms with Gasteiger partial charge in [-0.05, 0) is 72.4 Å². The van der Waals surface area contributed by atoms with Gasteiger partial charge in [-0.3, -0.25) is 0 Å². The lowest BCUT2D eigenvalue weighted by Gasteiger charge is -2.37. The van der Waals surface area contributed by atoms with Crippen LogP contribution in [0.3, 0.4) is 0 Å². The summed E-state index contributed by atoms with van der Waals surface area (Å²) in [5.41, 5.74) is 3.93. The van der Waals surface area contributed by atoms with E-state index in [9.17, 15) is 9.59 Å². The molecule has 0 saturated carbocycles. The number of hydrogen-bond donors (Lipinski definition) is 1. The Hall–Kier alpha value is -3.57. The largest absolute Gasteiger partial charge is 0.462 e. The molecule has 178 valence electrons. The van der Waals surface area contributed by atoms with Crippen molar-refractivity contribution in [2.45, 2.75) is 31.7 Å². The molecule has 35 heavy (non-hydrogen) atoms. The standard InChI is InChI=1S/C29H26ClNO4/c1-2-16-34-29(33)23-6-3-4-9-26(23)35-28(32)19-12-15-25-24(17-19)21-7-5-8-22(21)27(31-25)18-10-13-20(30)14-11-18/h3-7,9-15,17,21-22,27,31H,2,8,16H2,1H3/t21-,22-,27-/m0/s1. The minimum atomic E-state index is -0.512. The molecule has 1 N–H and O–H groups in total. The Morgan fingerprint density at radius 1 is 1.03 bits per heavy atom. The van der Waals surface area contributed by atoms with Crippen LogP contribution in [0.1, 0.15) is 63.6 Å². The normalized spacial score (nSPS) is 19.9. The second kappa shape index (κ2) is 9.96. The molecule has 5 rings (SSSR count). The van der Waals surface area contributed by atoms with Crippen molar-refractivity contribution >= 4 is 29.2 Å². The highest BCUT2D eigenvalue weighted by Crippen LogP contribution is 2.50. The number of carbonyl (C=O) groups excluding carboxylic acids is 2. The van der Waals surface area contributed by atoms with Crippen molar-refractivity contribution < 1.29 is 19.1 Å². The molecule has 0 bridgehead atoms. The number of nitrogens with one attached hydrogen (secondary N) is 1. The lowest BCUT2D eigenvalue weighted by molar-refractivity contribution is 0.0499. The van der Waals surface area contributed by atoms with E-state index in [4.69, 9.17) is 21.1 Å². The van der Waals surface area contributed by atoms with Crippen LogP contribution in [0.2, 0.25) is 5.02 Å². The average molecular weight is 488 g/mol. The van der Waals surface area contributed by atoms with Gasteiger partial charge < -0.3 is 14.8 Å². The number of rotatable bonds is 6. The fraction of sp³-hybridized carbons (Fsp3) is 0.241. The quantitative estimate of drug-likeness (QED) is 0.231. The number of fused-ring (bicyclic) bond motifs is 3. The molecule has 0 amide bonds. The number of allylic oxidation sites excluding steroid dienone is 2. The third-order valence-corrected chi connectivity index (χ3v) is 6.83. The molecular formula is C29H26ClNO4. The first-order valence-corrected chi connectivity index (χ1v) is 12.2. The van der Waals surface area contributed by atoms with Gasteiger partial charge in [0.15, 0.2) is 0 Å². The first kappa shape index (κ1) is 23.2. The molecule has 0 radical (unpaired) electrons. The molecular weight excluding hydrogens is 462 g/mol. The predicted octanol–water partition coefficient (Wildman–Crippen LogP) is 6.95. The monoisotopic (exact) mass is 487 g/mol. The Kier molecular flexibility index (Phi) is 6.60. The molecule has 0 spiro atoms. The number of hydrogen-bond acceptors (Lipinski definition) is 5. The summed E-state index contributed by atoms with van der Waals surface area (Å²) in [7, 11) is 0. The topological polar surface area (TPSA) is 64.6 Å². The summed E-state index contributed by atoms with van der Waals surface area (Å²) in [6, 6.07) is 20.3. The van der Waals surface area contributed by atoms with Crippen LogP contribution < -0.4 is 10.1 Å². The average Bonchev–Trinajstić information content (AvgIpc) is 3.38. The van der Waals surface area contributed by atoms with Gasteiger partial charge in [-0.1, -0.05) is 54.9 Å². The van der Waals surface area contributed by atoms with E-state index in [0.717, 1.165) is 22.7 Å². The van der Waals surface area contributed by atoms with Crippen LogP contribution in [-0.4, -0.2) is 18.5 Å². The van der Waals surface area contributed by atoms with Gasteiger partial charge in [0, 0.05) is 16.6 Å². The van der Waals surface area contributed by atoms with Crippen molar-refractivity contribution in [3.8, 4) is 5.75 Å². The van der Waals surface area contributed by atoms with Gasteiger partial charge in [0.05, 0.1) is 18.2 Å². The van der Waals surface area contributed by atoms with Crippen molar-refractivity contribution in [3.63, 3.8) is 0 Å². The van der Waals surface area contributed by atoms with Crippen molar-refractivity contribution in [1.82, 2.24) is 0 Å². The number of anilines is 1. The van der Waals surface area contributed by atoms with Crippen molar-refractivity contribution in [3.05, 3.63) is 106 Å². The molecule has 1 aliphatic carbocycles. The molecule has 3 aromatic rings. The maximum Gasteiger partial charge on any atom is 0.343 e. The molecule has 1 aliphatic heterocycles. The molecule has 2 aliphatic rings. The predicted molar refractivity (Wildman–Crippen MR) is 136 cm³/mol. The minimum absolute atomic E-state index is 0.151. The van der Waals surface area contributed by atoms with Crippen LogP contribution in [-0.2, 0) is 4.74 Å². The summed E-state index contributed by atoms with van der Waals surface area (Å²) >= 11 is 6.10. The van der Waals surface area contributed by atoms with Gasteiger partial charge >= 0.3 is 11.9 Å². The van der Waals surface area contributed by atoms with Crippen molar-refractivity contribution in [2.24, 2.45) is 5.92 Å². The maximum absolute atomic E-state index is 13.1. The van der Waals surface area contributed by atoms with Crippen LogP contribution in [0.25, 0.3) is 0 Å². The zero-order chi connectivity index (χ0) is 24.4. The molecule has 0 saturated heterocycles. The zero-order valence-electron chi connectivity index (χ0n) is 19.4. The highest BCUT2D eigenvalue weighted by molar-refractivity contribution is 6.30. The molecule has 6 heteroatoms. The fourth-order valence-electron chi connectivity index (χ4n) is 4.88. The van der Waals surface area contributed by atoms with Crippen LogP contribution in [0, 0.1) is 5.92 Å². The van der Waals surface area contributed by atoms with Crippen LogP contribution in [0.5, 0.6) is 5.75 Å². The van der Waals surface area contributed by atoms with Crippen molar-refractivity contribution in [2.75, 3.05) is 11.9 Å². The first-order valence-electron chi connectivity index (χ1n) is 11.9. The number of ether oxygens (including phenoxy) is 2. The lowest BCUT2D eigenvalue weighted by atomic mass is 9.76. The van der Waals surface area contributed by atoms with Crippen LogP contribution in [0.15, 0.2) is 78.9 Å². The molecule has 0 aromatic heterocycles. The van der Waals surface area contributed by atoms with E-state index in [1.165, 1.54) is 5.56 Å². The second-order valence-electron chi connectivity index (χ2n) is 8.85. The van der Waals surface area contributed by atoms with E-state index in [0.29, 0.717) is 24.5 Å². The van der Waals surface area contributed by atoms with E-state index in [1.54, 1.807) is 30.3 Å². The van der Waals surface area contributed by atoms with Gasteiger partial charge in [0.25, 0.3) is 0 Å². The Morgan fingerprint density at radius 3 is 2.63 bits per heavy atom. The summed E-state index contributed by atoms with van der Waals surface area (Å²) in [5.74, 6) is -0.296. The van der Waals surface area contributed by atoms with Crippen LogP contribution in [0.4, 0.5) is 5.69 Å². The van der Waals surface area contributed by atoms with E-state index in [-0.39, 0.29) is 23.3 Å². The second-order valence-corrected chi connectivity index (χ2v) is 9.29. The summed E-state index contributed by atoms with van der Waals surface area (Å²) in [4.78, 5) is 25.5. The summed E-state index contributed by atoms with van der Waals surface area (Å²) in [5, 5.41) is 4.38. The third kappa shape index (κ3) is 4.69. The molecule has 1 heterocycles. The molecule has 3 atom stereocenters. The maximum atomic E-state index is 13.1. The van der Waals surface area contributed by atoms with Crippen LogP contribution >= 0.6 is 11.6 Å². The smallest absolute Gasteiger partial charge is 0.343 e. The van der Waals surface area contributed by atoms with E-state index in [1.807, 2.05) is 31.2 Å². The number of halogens is 1. The molecule has 5 nitrogen and oxygen atoms in total. The summed E-state index contributed by atoms with van der Waals surface area (Å²) in [6.07, 6.45) is 6.10. The van der Waals surface area contributed by atoms with Gasteiger partial charge in [0.1, 0.15) is 11.3 Å². The Bertz CT molecular complexity index is 1280. The Morgan fingerprint density at radius 2 is 1.83 bits per heavy atom. The number of benzene rings is 3. The minimum Gasteiger partial charge on any atom is -0.462 e. The molecule has 3 aromatic carbocycles. The van der Waals surface area contributed by atoms with Gasteiger partial charge in [0.2, 0.25) is 0 Å². The Balaban J connectivity index is 1.40. The SMILES string of the molecule is CCCOC(=O)c1ccccc1OC(=O)c1ccc2c(c1)[C@H]1C=CC[C@@H]1[C@H](c1ccc(Cl)cc1)N2. The number of para-hydroxylation sites is 1. The van der Waals surface area contributed by atoms with E-state index < -0.39 is 11.9 Å². The summed E-state index contributed by atoms with van der Waals surface area (Å²) < 4.78 is 10.9. The highest BCUT2D eigenvalue weighted by atomic mass is 35.5. The fourth-order valence-corrected chi connectivity index (χ4v) is 5.00. The third-order valence-electron chi connectivity index (χ3n) is 6.57.